The Hall–Kier alpha value is -2.92. The van der Waals surface area contributed by atoms with Gasteiger partial charge in [0.15, 0.2) is 0 Å². The summed E-state index contributed by atoms with van der Waals surface area (Å²) in [7, 11) is -0.944. The monoisotopic (exact) mass is 497 g/mol. The molecule has 1 atom stereocenters. The fraction of sp³-hybridized carbons (Fsp3) is 0.391. The summed E-state index contributed by atoms with van der Waals surface area (Å²) < 4.78 is 64.1. The topological polar surface area (TPSA) is 86.8 Å². The van der Waals surface area contributed by atoms with E-state index in [1.807, 2.05) is 0 Å². The quantitative estimate of drug-likeness (QED) is 0.664. The molecule has 0 bridgehead atoms. The Balaban J connectivity index is 1.73. The predicted molar refractivity (Wildman–Crippen MR) is 119 cm³/mol. The van der Waals surface area contributed by atoms with E-state index in [-0.39, 0.29) is 17.0 Å². The summed E-state index contributed by atoms with van der Waals surface area (Å²) in [5.74, 6) is -0.866. The number of likely N-dealkylation sites (tertiary alicyclic amines) is 1. The third-order valence-electron chi connectivity index (χ3n) is 5.67. The minimum atomic E-state index is -4.44. The number of nitrogens with one attached hydrogen (secondary N) is 1. The third kappa shape index (κ3) is 5.76. The number of halogens is 3. The third-order valence-corrected chi connectivity index (χ3v) is 7.48. The van der Waals surface area contributed by atoms with Crippen LogP contribution in [0.3, 0.4) is 0 Å². The fourth-order valence-electron chi connectivity index (χ4n) is 3.73. The summed E-state index contributed by atoms with van der Waals surface area (Å²) in [6.07, 6.45) is -2.57. The molecule has 11 heteroatoms. The maximum absolute atomic E-state index is 13.2. The molecule has 184 valence electrons. The number of rotatable bonds is 6. The van der Waals surface area contributed by atoms with Crippen molar-refractivity contribution in [3.05, 3.63) is 65.2 Å². The van der Waals surface area contributed by atoms with E-state index in [1.54, 1.807) is 0 Å². The molecule has 34 heavy (non-hydrogen) atoms. The van der Waals surface area contributed by atoms with Crippen molar-refractivity contribution in [3.8, 4) is 0 Å². The highest BCUT2D eigenvalue weighted by atomic mass is 32.2. The molecule has 0 aliphatic carbocycles. The summed E-state index contributed by atoms with van der Waals surface area (Å²) in [6, 6.07) is 9.41. The zero-order valence-electron chi connectivity index (χ0n) is 18.8. The number of piperidine rings is 1. The SMILES string of the molecule is CN(C)S(=O)(=O)c1cccc(C(=O)N2CCCC[C@H]2C(=O)NCc2ccc(C(F)(F)F)cc2)c1. The van der Waals surface area contributed by atoms with Crippen LogP contribution in [0.1, 0.15) is 40.7 Å². The normalized spacial score (nSPS) is 17.0. The molecule has 0 unspecified atom stereocenters. The lowest BCUT2D eigenvalue weighted by Gasteiger charge is -2.35. The highest BCUT2D eigenvalue weighted by Crippen LogP contribution is 2.29. The minimum Gasteiger partial charge on any atom is -0.350 e. The van der Waals surface area contributed by atoms with Crippen LogP contribution in [0.2, 0.25) is 0 Å². The number of alkyl halides is 3. The molecule has 1 saturated heterocycles. The van der Waals surface area contributed by atoms with E-state index in [0.29, 0.717) is 24.9 Å². The summed E-state index contributed by atoms with van der Waals surface area (Å²) in [5.41, 5.74) is -0.118. The van der Waals surface area contributed by atoms with Crippen LogP contribution in [0.15, 0.2) is 53.4 Å². The molecule has 0 aromatic heterocycles. The highest BCUT2D eigenvalue weighted by Gasteiger charge is 2.33. The van der Waals surface area contributed by atoms with Crippen molar-refractivity contribution in [3.63, 3.8) is 0 Å². The average molecular weight is 498 g/mol. The van der Waals surface area contributed by atoms with Gasteiger partial charge in [0.2, 0.25) is 15.9 Å². The lowest BCUT2D eigenvalue weighted by Crippen LogP contribution is -2.51. The number of benzene rings is 2. The molecule has 1 heterocycles. The van der Waals surface area contributed by atoms with Gasteiger partial charge in [0, 0.05) is 32.7 Å². The van der Waals surface area contributed by atoms with Crippen molar-refractivity contribution in [2.45, 2.75) is 42.9 Å². The Morgan fingerprint density at radius 2 is 1.76 bits per heavy atom. The van der Waals surface area contributed by atoms with Crippen molar-refractivity contribution in [1.82, 2.24) is 14.5 Å². The number of carbonyl (C=O) groups is 2. The zero-order chi connectivity index (χ0) is 25.1. The number of carbonyl (C=O) groups excluding carboxylic acids is 2. The lowest BCUT2D eigenvalue weighted by molar-refractivity contribution is -0.137. The highest BCUT2D eigenvalue weighted by molar-refractivity contribution is 7.89. The van der Waals surface area contributed by atoms with Gasteiger partial charge in [-0.25, -0.2) is 12.7 Å². The van der Waals surface area contributed by atoms with E-state index in [1.165, 1.54) is 55.4 Å². The standard InChI is InChI=1S/C23H26F3N3O4S/c1-28(2)34(32,33)19-7-5-6-17(14-19)22(31)29-13-4-3-8-20(29)21(30)27-15-16-9-11-18(12-10-16)23(24,25)26/h5-7,9-12,14,20H,3-4,8,13,15H2,1-2H3,(H,27,30)/t20-/m0/s1. The van der Waals surface area contributed by atoms with Crippen LogP contribution in [0.25, 0.3) is 0 Å². The first kappa shape index (κ1) is 25.7. The predicted octanol–water partition coefficient (Wildman–Crippen LogP) is 3.27. The zero-order valence-corrected chi connectivity index (χ0v) is 19.6. The first-order valence-electron chi connectivity index (χ1n) is 10.7. The Labute approximate surface area is 196 Å². The van der Waals surface area contributed by atoms with Crippen molar-refractivity contribution < 1.29 is 31.2 Å². The van der Waals surface area contributed by atoms with Crippen molar-refractivity contribution in [1.29, 1.82) is 0 Å². The molecule has 1 aliphatic rings. The largest absolute Gasteiger partial charge is 0.416 e. The van der Waals surface area contributed by atoms with Gasteiger partial charge in [0.1, 0.15) is 6.04 Å². The van der Waals surface area contributed by atoms with Gasteiger partial charge in [-0.2, -0.15) is 13.2 Å². The number of amides is 2. The molecule has 2 aromatic rings. The van der Waals surface area contributed by atoms with Gasteiger partial charge in [0.05, 0.1) is 10.5 Å². The van der Waals surface area contributed by atoms with E-state index in [9.17, 15) is 31.2 Å². The van der Waals surface area contributed by atoms with E-state index in [0.717, 1.165) is 22.9 Å². The van der Waals surface area contributed by atoms with Crippen molar-refractivity contribution in [2.24, 2.45) is 0 Å². The molecule has 0 saturated carbocycles. The molecular weight excluding hydrogens is 471 g/mol. The first-order chi connectivity index (χ1) is 15.9. The second-order valence-electron chi connectivity index (χ2n) is 8.24. The van der Waals surface area contributed by atoms with E-state index >= 15 is 0 Å². The van der Waals surface area contributed by atoms with Crippen LogP contribution in [0.5, 0.6) is 0 Å². The van der Waals surface area contributed by atoms with Crippen LogP contribution in [-0.4, -0.2) is 56.1 Å². The van der Waals surface area contributed by atoms with Gasteiger partial charge < -0.3 is 10.2 Å². The molecule has 0 spiro atoms. The van der Waals surface area contributed by atoms with E-state index < -0.39 is 39.6 Å². The second-order valence-corrected chi connectivity index (χ2v) is 10.4. The van der Waals surface area contributed by atoms with Gasteiger partial charge in [0.25, 0.3) is 5.91 Å². The second kappa shape index (κ2) is 10.1. The maximum Gasteiger partial charge on any atom is 0.416 e. The average Bonchev–Trinajstić information content (AvgIpc) is 2.81. The molecule has 2 amide bonds. The molecule has 2 aromatic carbocycles. The summed E-state index contributed by atoms with van der Waals surface area (Å²) in [4.78, 5) is 27.5. The van der Waals surface area contributed by atoms with Gasteiger partial charge >= 0.3 is 6.18 Å². The lowest BCUT2D eigenvalue weighted by atomic mass is 9.99. The summed E-state index contributed by atoms with van der Waals surface area (Å²) >= 11 is 0. The molecule has 0 radical (unpaired) electrons. The number of nitrogens with zero attached hydrogens (tertiary/aromatic N) is 2. The number of sulfonamides is 1. The van der Waals surface area contributed by atoms with Gasteiger partial charge in [-0.15, -0.1) is 0 Å². The molecular formula is C23H26F3N3O4S. The first-order valence-corrected chi connectivity index (χ1v) is 12.1. The molecule has 1 aliphatic heterocycles. The van der Waals surface area contributed by atoms with Crippen molar-refractivity contribution in [2.75, 3.05) is 20.6 Å². The van der Waals surface area contributed by atoms with Crippen LogP contribution < -0.4 is 5.32 Å². The van der Waals surface area contributed by atoms with Gasteiger partial charge in [-0.1, -0.05) is 18.2 Å². The Morgan fingerprint density at radius 1 is 1.09 bits per heavy atom. The van der Waals surface area contributed by atoms with Crippen LogP contribution in [0, 0.1) is 0 Å². The van der Waals surface area contributed by atoms with Crippen molar-refractivity contribution >= 4 is 21.8 Å². The van der Waals surface area contributed by atoms with Gasteiger partial charge in [-0.05, 0) is 55.2 Å². The van der Waals surface area contributed by atoms with Crippen LogP contribution in [-0.2, 0) is 27.5 Å². The molecule has 3 rings (SSSR count). The molecule has 1 fully saturated rings. The van der Waals surface area contributed by atoms with E-state index in [2.05, 4.69) is 5.32 Å². The van der Waals surface area contributed by atoms with E-state index in [4.69, 9.17) is 0 Å². The minimum absolute atomic E-state index is 0.0199. The smallest absolute Gasteiger partial charge is 0.350 e. The number of hydrogen-bond donors (Lipinski definition) is 1. The fourth-order valence-corrected chi connectivity index (χ4v) is 4.68. The Kier molecular flexibility index (Phi) is 7.67. The summed E-state index contributed by atoms with van der Waals surface area (Å²) in [6.45, 7) is 0.355. The Bertz CT molecular complexity index is 1150. The molecule has 7 nitrogen and oxygen atoms in total. The van der Waals surface area contributed by atoms with Gasteiger partial charge in [-0.3, -0.25) is 9.59 Å². The maximum atomic E-state index is 13.2. The summed E-state index contributed by atoms with van der Waals surface area (Å²) in [5, 5.41) is 2.70. The Morgan fingerprint density at radius 3 is 2.38 bits per heavy atom. The van der Waals surface area contributed by atoms with Crippen LogP contribution in [0.4, 0.5) is 13.2 Å². The number of hydrogen-bond acceptors (Lipinski definition) is 4. The van der Waals surface area contributed by atoms with Crippen LogP contribution >= 0.6 is 0 Å². The molecule has 1 N–H and O–H groups in total.